The van der Waals surface area contributed by atoms with Gasteiger partial charge in [-0.15, -0.1) is 6.58 Å². The SMILES string of the molecule is C=CCCCc1ccc2c(c1)OCCO2. The highest BCUT2D eigenvalue weighted by Gasteiger charge is 2.10. The van der Waals surface area contributed by atoms with Gasteiger partial charge >= 0.3 is 0 Å². The van der Waals surface area contributed by atoms with E-state index in [2.05, 4.69) is 18.7 Å². The van der Waals surface area contributed by atoms with Gasteiger partial charge in [0.1, 0.15) is 13.2 Å². The van der Waals surface area contributed by atoms with Crippen LogP contribution in [0.4, 0.5) is 0 Å². The Morgan fingerprint density at radius 1 is 1.20 bits per heavy atom. The highest BCUT2D eigenvalue weighted by molar-refractivity contribution is 5.43. The highest BCUT2D eigenvalue weighted by Crippen LogP contribution is 2.31. The zero-order chi connectivity index (χ0) is 10.5. The first-order chi connectivity index (χ1) is 7.40. The van der Waals surface area contributed by atoms with Gasteiger partial charge in [-0.05, 0) is 37.0 Å². The van der Waals surface area contributed by atoms with Crippen LogP contribution >= 0.6 is 0 Å². The molecule has 0 saturated heterocycles. The van der Waals surface area contributed by atoms with Crippen molar-refractivity contribution in [1.82, 2.24) is 0 Å². The predicted octanol–water partition coefficient (Wildman–Crippen LogP) is 2.97. The van der Waals surface area contributed by atoms with Crippen molar-refractivity contribution in [3.63, 3.8) is 0 Å². The Hall–Kier alpha value is -1.44. The molecule has 0 N–H and O–H groups in total. The maximum absolute atomic E-state index is 5.53. The van der Waals surface area contributed by atoms with Crippen molar-refractivity contribution >= 4 is 0 Å². The third-order valence-corrected chi connectivity index (χ3v) is 2.48. The van der Waals surface area contributed by atoms with Crippen LogP contribution in [0.5, 0.6) is 11.5 Å². The monoisotopic (exact) mass is 204 g/mol. The number of aryl methyl sites for hydroxylation is 1. The molecular weight excluding hydrogens is 188 g/mol. The lowest BCUT2D eigenvalue weighted by atomic mass is 10.1. The standard InChI is InChI=1S/C13H16O2/c1-2-3-4-5-11-6-7-12-13(10-11)15-9-8-14-12/h2,6-7,10H,1,3-5,8-9H2. The maximum atomic E-state index is 5.53. The highest BCUT2D eigenvalue weighted by atomic mass is 16.6. The number of fused-ring (bicyclic) bond motifs is 1. The second kappa shape index (κ2) is 4.87. The van der Waals surface area contributed by atoms with E-state index in [1.807, 2.05) is 12.1 Å². The minimum Gasteiger partial charge on any atom is -0.486 e. The van der Waals surface area contributed by atoms with E-state index in [0.717, 1.165) is 30.8 Å². The van der Waals surface area contributed by atoms with Crippen molar-refractivity contribution in [2.75, 3.05) is 13.2 Å². The summed E-state index contributed by atoms with van der Waals surface area (Å²) in [5.74, 6) is 1.76. The number of ether oxygens (including phenoxy) is 2. The lowest BCUT2D eigenvalue weighted by Gasteiger charge is -2.18. The third kappa shape index (κ3) is 2.52. The van der Waals surface area contributed by atoms with Crippen LogP contribution in [0.3, 0.4) is 0 Å². The van der Waals surface area contributed by atoms with E-state index < -0.39 is 0 Å². The van der Waals surface area contributed by atoms with Gasteiger partial charge in [-0.3, -0.25) is 0 Å². The van der Waals surface area contributed by atoms with Gasteiger partial charge in [0, 0.05) is 0 Å². The zero-order valence-electron chi connectivity index (χ0n) is 8.87. The Kier molecular flexibility index (Phi) is 3.28. The van der Waals surface area contributed by atoms with E-state index in [-0.39, 0.29) is 0 Å². The minimum atomic E-state index is 0.656. The quantitative estimate of drug-likeness (QED) is 0.554. The van der Waals surface area contributed by atoms with E-state index in [9.17, 15) is 0 Å². The van der Waals surface area contributed by atoms with Gasteiger partial charge in [-0.1, -0.05) is 12.1 Å². The summed E-state index contributed by atoms with van der Waals surface area (Å²) in [4.78, 5) is 0. The molecule has 2 nitrogen and oxygen atoms in total. The van der Waals surface area contributed by atoms with Crippen molar-refractivity contribution in [2.45, 2.75) is 19.3 Å². The number of rotatable bonds is 4. The molecule has 15 heavy (non-hydrogen) atoms. The van der Waals surface area contributed by atoms with E-state index in [1.54, 1.807) is 0 Å². The lowest BCUT2D eigenvalue weighted by Crippen LogP contribution is -2.15. The second-order valence-corrected chi connectivity index (χ2v) is 3.66. The average Bonchev–Trinajstić information content (AvgIpc) is 2.29. The first kappa shape index (κ1) is 10.1. The van der Waals surface area contributed by atoms with E-state index in [4.69, 9.17) is 9.47 Å². The largest absolute Gasteiger partial charge is 0.486 e. The molecule has 1 aliphatic heterocycles. The van der Waals surface area contributed by atoms with E-state index >= 15 is 0 Å². The summed E-state index contributed by atoms with van der Waals surface area (Å²) in [7, 11) is 0. The van der Waals surface area contributed by atoms with Crippen molar-refractivity contribution in [2.24, 2.45) is 0 Å². The molecular formula is C13H16O2. The van der Waals surface area contributed by atoms with Gasteiger partial charge in [0.15, 0.2) is 11.5 Å². The molecule has 0 radical (unpaired) electrons. The van der Waals surface area contributed by atoms with Crippen molar-refractivity contribution in [3.05, 3.63) is 36.4 Å². The van der Waals surface area contributed by atoms with Crippen LogP contribution < -0.4 is 9.47 Å². The second-order valence-electron chi connectivity index (χ2n) is 3.66. The number of hydrogen-bond donors (Lipinski definition) is 0. The fourth-order valence-electron chi connectivity index (χ4n) is 1.69. The summed E-state index contributed by atoms with van der Waals surface area (Å²) in [6.45, 7) is 5.03. The molecule has 0 atom stereocenters. The fraction of sp³-hybridized carbons (Fsp3) is 0.385. The number of unbranched alkanes of at least 4 members (excludes halogenated alkanes) is 1. The Morgan fingerprint density at radius 2 is 2.00 bits per heavy atom. The van der Waals surface area contributed by atoms with Gasteiger partial charge in [-0.2, -0.15) is 0 Å². The molecule has 0 unspecified atom stereocenters. The van der Waals surface area contributed by atoms with Crippen LogP contribution in [0.2, 0.25) is 0 Å². The minimum absolute atomic E-state index is 0.656. The topological polar surface area (TPSA) is 18.5 Å². The average molecular weight is 204 g/mol. The Bertz CT molecular complexity index is 344. The predicted molar refractivity (Wildman–Crippen MR) is 60.6 cm³/mol. The summed E-state index contributed by atoms with van der Waals surface area (Å²) in [5, 5.41) is 0. The fourth-order valence-corrected chi connectivity index (χ4v) is 1.69. The van der Waals surface area contributed by atoms with Gasteiger partial charge in [0.05, 0.1) is 0 Å². The van der Waals surface area contributed by atoms with Gasteiger partial charge < -0.3 is 9.47 Å². The first-order valence-corrected chi connectivity index (χ1v) is 5.39. The summed E-state index contributed by atoms with van der Waals surface area (Å²) < 4.78 is 11.0. The summed E-state index contributed by atoms with van der Waals surface area (Å²) >= 11 is 0. The van der Waals surface area contributed by atoms with Crippen LogP contribution in [-0.4, -0.2) is 13.2 Å². The van der Waals surface area contributed by atoms with Gasteiger partial charge in [0.2, 0.25) is 0 Å². The Labute approximate surface area is 90.5 Å². The Balaban J connectivity index is 2.03. The molecule has 0 saturated carbocycles. The van der Waals surface area contributed by atoms with Crippen LogP contribution in [0.25, 0.3) is 0 Å². The molecule has 2 heteroatoms. The maximum Gasteiger partial charge on any atom is 0.161 e. The van der Waals surface area contributed by atoms with E-state index in [0.29, 0.717) is 13.2 Å². The Morgan fingerprint density at radius 3 is 2.80 bits per heavy atom. The zero-order valence-corrected chi connectivity index (χ0v) is 8.87. The van der Waals surface area contributed by atoms with Crippen LogP contribution in [0.15, 0.2) is 30.9 Å². The molecule has 0 aliphatic carbocycles. The van der Waals surface area contributed by atoms with Crippen molar-refractivity contribution in [1.29, 1.82) is 0 Å². The third-order valence-electron chi connectivity index (χ3n) is 2.48. The summed E-state index contributed by atoms with van der Waals surface area (Å²) in [6.07, 6.45) is 5.23. The summed E-state index contributed by atoms with van der Waals surface area (Å²) in [5.41, 5.74) is 1.31. The summed E-state index contributed by atoms with van der Waals surface area (Å²) in [6, 6.07) is 6.19. The number of hydrogen-bond acceptors (Lipinski definition) is 2. The normalized spacial score (nSPS) is 13.6. The molecule has 1 aromatic rings. The molecule has 2 rings (SSSR count). The molecule has 1 aromatic carbocycles. The molecule has 1 heterocycles. The van der Waals surface area contributed by atoms with Crippen LogP contribution in [0.1, 0.15) is 18.4 Å². The molecule has 0 amide bonds. The molecule has 0 aromatic heterocycles. The van der Waals surface area contributed by atoms with Gasteiger partial charge in [0.25, 0.3) is 0 Å². The molecule has 0 fully saturated rings. The molecule has 0 bridgehead atoms. The molecule has 80 valence electrons. The van der Waals surface area contributed by atoms with Crippen molar-refractivity contribution in [3.8, 4) is 11.5 Å². The smallest absolute Gasteiger partial charge is 0.161 e. The van der Waals surface area contributed by atoms with Gasteiger partial charge in [-0.25, -0.2) is 0 Å². The van der Waals surface area contributed by atoms with Crippen LogP contribution in [0, 0.1) is 0 Å². The lowest BCUT2D eigenvalue weighted by molar-refractivity contribution is 0.171. The van der Waals surface area contributed by atoms with E-state index in [1.165, 1.54) is 5.56 Å². The molecule has 1 aliphatic rings. The number of allylic oxidation sites excluding steroid dienone is 1. The van der Waals surface area contributed by atoms with Crippen molar-refractivity contribution < 1.29 is 9.47 Å². The van der Waals surface area contributed by atoms with Crippen LogP contribution in [-0.2, 0) is 6.42 Å². The number of benzene rings is 1. The molecule has 0 spiro atoms. The first-order valence-electron chi connectivity index (χ1n) is 5.39.